The number of hydrogen-bond acceptors (Lipinski definition) is 0. The van der Waals surface area contributed by atoms with Crippen molar-refractivity contribution >= 4 is 0 Å². The summed E-state index contributed by atoms with van der Waals surface area (Å²) in [4.78, 5) is 0. The summed E-state index contributed by atoms with van der Waals surface area (Å²) >= 11 is 0. The molecule has 0 aromatic heterocycles. The Kier molecular flexibility index (Phi) is 12.2. The zero-order valence-electron chi connectivity index (χ0n) is 19.2. The number of rotatable bonds is 5. The van der Waals surface area contributed by atoms with E-state index in [1.54, 1.807) is 12.2 Å². The van der Waals surface area contributed by atoms with E-state index in [1.807, 2.05) is 36.4 Å². The number of unbranched alkanes of at least 4 members (excludes halogenated alkanes) is 4. The van der Waals surface area contributed by atoms with Crippen molar-refractivity contribution in [2.75, 3.05) is 0 Å². The standard InChI is InChI=1S/C32H30/c1-3-5-7-9-11-13-15-17-19-29-21-25-31(26-22-29)32-27-23-30(24-28-32)20-18-16-14-12-10-8-6-4-2/h13-16,21-28H,3-8H2,1-2H3. The molecular formula is C32H30. The third-order valence-electron chi connectivity index (χ3n) is 4.55. The SMILES string of the molecule is CCCCC#CC=CC#Cc1ccc(-c2ccc(C#CC=CC#CCCCC)cc2)cc1. The fourth-order valence-electron chi connectivity index (χ4n) is 2.70. The Morgan fingerprint density at radius 1 is 0.531 bits per heavy atom. The Bertz CT molecular complexity index is 1030. The normalized spacial score (nSPS) is 9.69. The van der Waals surface area contributed by atoms with Crippen LogP contribution in [0.4, 0.5) is 0 Å². The van der Waals surface area contributed by atoms with Crippen LogP contribution in [0.5, 0.6) is 0 Å². The lowest BCUT2D eigenvalue weighted by Gasteiger charge is -2.02. The zero-order valence-corrected chi connectivity index (χ0v) is 19.2. The van der Waals surface area contributed by atoms with Crippen LogP contribution < -0.4 is 0 Å². The molecule has 0 N–H and O–H groups in total. The van der Waals surface area contributed by atoms with Gasteiger partial charge in [0.25, 0.3) is 0 Å². The van der Waals surface area contributed by atoms with Gasteiger partial charge in [0.1, 0.15) is 0 Å². The molecule has 158 valence electrons. The summed E-state index contributed by atoms with van der Waals surface area (Å²) in [5.41, 5.74) is 4.30. The first-order valence-electron chi connectivity index (χ1n) is 11.3. The van der Waals surface area contributed by atoms with E-state index in [1.165, 1.54) is 12.8 Å². The second-order valence-electron chi connectivity index (χ2n) is 7.21. The Morgan fingerprint density at radius 2 is 0.906 bits per heavy atom. The largest absolute Gasteiger partial charge is 0.0985 e. The topological polar surface area (TPSA) is 0 Å². The van der Waals surface area contributed by atoms with Crippen LogP contribution in [0.2, 0.25) is 0 Å². The first-order chi connectivity index (χ1) is 15.8. The maximum Gasteiger partial charge on any atom is 0.0249 e. The highest BCUT2D eigenvalue weighted by Crippen LogP contribution is 2.20. The fraction of sp³-hybridized carbons (Fsp3) is 0.250. The van der Waals surface area contributed by atoms with E-state index in [-0.39, 0.29) is 0 Å². The minimum Gasteiger partial charge on any atom is -0.0985 e. The zero-order chi connectivity index (χ0) is 22.7. The molecule has 0 atom stereocenters. The average molecular weight is 415 g/mol. The van der Waals surface area contributed by atoms with Crippen molar-refractivity contribution < 1.29 is 0 Å². The molecule has 0 radical (unpaired) electrons. The molecule has 2 aromatic rings. The highest BCUT2D eigenvalue weighted by atomic mass is 14.0. The van der Waals surface area contributed by atoms with Gasteiger partial charge in [-0.05, 0) is 72.5 Å². The number of allylic oxidation sites excluding steroid dienone is 4. The first-order valence-corrected chi connectivity index (χ1v) is 11.3. The summed E-state index contributed by atoms with van der Waals surface area (Å²) in [6.07, 6.45) is 13.8. The second kappa shape index (κ2) is 15.9. The average Bonchev–Trinajstić information content (AvgIpc) is 2.83. The fourth-order valence-corrected chi connectivity index (χ4v) is 2.70. The van der Waals surface area contributed by atoms with Crippen LogP contribution in [0.1, 0.15) is 63.5 Å². The van der Waals surface area contributed by atoms with Crippen LogP contribution >= 0.6 is 0 Å². The molecule has 0 spiro atoms. The van der Waals surface area contributed by atoms with Gasteiger partial charge in [0.15, 0.2) is 0 Å². The van der Waals surface area contributed by atoms with Gasteiger partial charge in [0.2, 0.25) is 0 Å². The molecule has 32 heavy (non-hydrogen) atoms. The molecule has 0 heterocycles. The van der Waals surface area contributed by atoms with Crippen LogP contribution in [0.3, 0.4) is 0 Å². The highest BCUT2D eigenvalue weighted by molar-refractivity contribution is 5.65. The number of benzene rings is 2. The Labute approximate surface area is 194 Å². The molecule has 0 aliphatic rings. The van der Waals surface area contributed by atoms with Crippen molar-refractivity contribution in [3.8, 4) is 58.5 Å². The molecule has 2 aromatic carbocycles. The molecule has 0 aliphatic heterocycles. The molecule has 0 heteroatoms. The predicted molar refractivity (Wildman–Crippen MR) is 139 cm³/mol. The van der Waals surface area contributed by atoms with Gasteiger partial charge in [-0.15, -0.1) is 0 Å². The summed E-state index contributed by atoms with van der Waals surface area (Å²) in [5.74, 6) is 24.6. The van der Waals surface area contributed by atoms with E-state index < -0.39 is 0 Å². The number of hydrogen-bond donors (Lipinski definition) is 0. The summed E-state index contributed by atoms with van der Waals surface area (Å²) in [6.45, 7) is 4.34. The van der Waals surface area contributed by atoms with Crippen LogP contribution in [-0.2, 0) is 0 Å². The predicted octanol–water partition coefficient (Wildman–Crippen LogP) is 7.56. The van der Waals surface area contributed by atoms with Gasteiger partial charge in [0, 0.05) is 24.0 Å². The van der Waals surface area contributed by atoms with Gasteiger partial charge in [-0.2, -0.15) is 0 Å². The molecular weight excluding hydrogens is 384 g/mol. The highest BCUT2D eigenvalue weighted by Gasteiger charge is 1.97. The van der Waals surface area contributed by atoms with E-state index >= 15 is 0 Å². The molecule has 2 rings (SSSR count). The monoisotopic (exact) mass is 414 g/mol. The van der Waals surface area contributed by atoms with E-state index in [4.69, 9.17) is 0 Å². The molecule has 0 saturated heterocycles. The van der Waals surface area contributed by atoms with E-state index in [0.29, 0.717) is 0 Å². The molecule has 0 aliphatic carbocycles. The minimum absolute atomic E-state index is 0.953. The van der Waals surface area contributed by atoms with Crippen molar-refractivity contribution in [2.24, 2.45) is 0 Å². The van der Waals surface area contributed by atoms with Crippen LogP contribution in [0.25, 0.3) is 11.1 Å². The summed E-state index contributed by atoms with van der Waals surface area (Å²) in [6, 6.07) is 16.6. The van der Waals surface area contributed by atoms with E-state index in [9.17, 15) is 0 Å². The molecule has 0 nitrogen and oxygen atoms in total. The van der Waals surface area contributed by atoms with Crippen molar-refractivity contribution in [1.82, 2.24) is 0 Å². The minimum atomic E-state index is 0.953. The van der Waals surface area contributed by atoms with E-state index in [2.05, 4.69) is 85.5 Å². The van der Waals surface area contributed by atoms with Crippen molar-refractivity contribution in [1.29, 1.82) is 0 Å². The molecule has 0 amide bonds. The van der Waals surface area contributed by atoms with E-state index in [0.717, 1.165) is 47.9 Å². The molecule has 0 fully saturated rings. The molecule has 0 unspecified atom stereocenters. The second-order valence-corrected chi connectivity index (χ2v) is 7.21. The third kappa shape index (κ3) is 10.3. The van der Waals surface area contributed by atoms with Gasteiger partial charge in [-0.3, -0.25) is 0 Å². The maximum absolute atomic E-state index is 3.14. The Hall–Kier alpha value is -3.84. The van der Waals surface area contributed by atoms with Crippen molar-refractivity contribution in [3.05, 3.63) is 84.0 Å². The molecule has 0 saturated carbocycles. The lowest BCUT2D eigenvalue weighted by Crippen LogP contribution is -1.80. The van der Waals surface area contributed by atoms with Crippen LogP contribution in [-0.4, -0.2) is 0 Å². The Balaban J connectivity index is 1.89. The van der Waals surface area contributed by atoms with Gasteiger partial charge in [-0.25, -0.2) is 0 Å². The quantitative estimate of drug-likeness (QED) is 0.350. The lowest BCUT2D eigenvalue weighted by atomic mass is 10.0. The maximum atomic E-state index is 3.14. The summed E-state index contributed by atoms with van der Waals surface area (Å²) in [7, 11) is 0. The van der Waals surface area contributed by atoms with Crippen LogP contribution in [0, 0.1) is 47.4 Å². The molecule has 0 bridgehead atoms. The summed E-state index contributed by atoms with van der Waals surface area (Å²) in [5, 5.41) is 0. The third-order valence-corrected chi connectivity index (χ3v) is 4.55. The van der Waals surface area contributed by atoms with Gasteiger partial charge < -0.3 is 0 Å². The lowest BCUT2D eigenvalue weighted by molar-refractivity contribution is 0.828. The van der Waals surface area contributed by atoms with Crippen molar-refractivity contribution in [3.63, 3.8) is 0 Å². The Morgan fingerprint density at radius 3 is 1.28 bits per heavy atom. The van der Waals surface area contributed by atoms with Gasteiger partial charge in [-0.1, -0.05) is 98.3 Å². The first kappa shape index (κ1) is 24.4. The van der Waals surface area contributed by atoms with Crippen molar-refractivity contribution in [2.45, 2.75) is 52.4 Å². The van der Waals surface area contributed by atoms with Gasteiger partial charge in [0.05, 0.1) is 0 Å². The van der Waals surface area contributed by atoms with Crippen LogP contribution in [0.15, 0.2) is 72.8 Å². The smallest absolute Gasteiger partial charge is 0.0249 e. The summed E-state index contributed by atoms with van der Waals surface area (Å²) < 4.78 is 0. The van der Waals surface area contributed by atoms with Gasteiger partial charge >= 0.3 is 0 Å².